The van der Waals surface area contributed by atoms with Gasteiger partial charge in [-0.2, -0.15) is 0 Å². The lowest BCUT2D eigenvalue weighted by atomic mass is 10.3. The van der Waals surface area contributed by atoms with Gasteiger partial charge in [-0.05, 0) is 6.42 Å². The third-order valence-corrected chi connectivity index (χ3v) is 1.75. The summed E-state index contributed by atoms with van der Waals surface area (Å²) < 4.78 is 0.794. The van der Waals surface area contributed by atoms with Gasteiger partial charge in [0, 0.05) is 11.3 Å². The summed E-state index contributed by atoms with van der Waals surface area (Å²) in [6.45, 7) is 2.00. The van der Waals surface area contributed by atoms with Crippen LogP contribution in [0.25, 0.3) is 0 Å². The molecular formula is C7H10ClN2O+. The van der Waals surface area contributed by atoms with Crippen molar-refractivity contribution in [3.63, 3.8) is 0 Å². The van der Waals surface area contributed by atoms with Crippen LogP contribution < -0.4 is 4.43 Å². The molecule has 0 aliphatic carbocycles. The number of rotatable bonds is 2. The highest BCUT2D eigenvalue weighted by Crippen LogP contribution is 2.07. The number of nitrogens with zero attached hydrogens (tertiary/aromatic N) is 1. The Kier molecular flexibility index (Phi) is 2.65. The van der Waals surface area contributed by atoms with Gasteiger partial charge in [0.2, 0.25) is 6.20 Å². The molecule has 0 unspecified atom stereocenters. The Morgan fingerprint density at radius 2 is 2.45 bits per heavy atom. The van der Waals surface area contributed by atoms with E-state index in [1.54, 1.807) is 0 Å². The van der Waals surface area contributed by atoms with Gasteiger partial charge in [0.1, 0.15) is 0 Å². The molecule has 1 aromatic rings. The quantitative estimate of drug-likeness (QED) is 0.677. The van der Waals surface area contributed by atoms with Crippen LogP contribution >= 0.6 is 11.6 Å². The van der Waals surface area contributed by atoms with Crippen molar-refractivity contribution in [2.45, 2.75) is 19.8 Å². The van der Waals surface area contributed by atoms with Crippen LogP contribution in [0.3, 0.4) is 0 Å². The Morgan fingerprint density at radius 1 is 1.73 bits per heavy atom. The van der Waals surface area contributed by atoms with Crippen LogP contribution in [0.5, 0.6) is 0 Å². The molecule has 4 heteroatoms. The summed E-state index contributed by atoms with van der Waals surface area (Å²) in [5.41, 5.74) is 0.608. The number of H-pyrrole nitrogens is 1. The molecule has 0 saturated heterocycles. The van der Waals surface area contributed by atoms with E-state index >= 15 is 0 Å². The number of halogens is 1. The van der Waals surface area contributed by atoms with Crippen molar-refractivity contribution >= 4 is 11.6 Å². The Labute approximate surface area is 69.6 Å². The third kappa shape index (κ3) is 1.80. The minimum atomic E-state index is 0.435. The lowest BCUT2D eigenvalue weighted by molar-refractivity contribution is -0.505. The van der Waals surface area contributed by atoms with Gasteiger partial charge < -0.3 is 4.98 Å². The molecular weight excluding hydrogens is 164 g/mol. The number of hydrogen-bond donors (Lipinski definition) is 1. The van der Waals surface area contributed by atoms with Gasteiger partial charge in [0.15, 0.2) is 5.15 Å². The van der Waals surface area contributed by atoms with E-state index in [9.17, 15) is 4.91 Å². The van der Waals surface area contributed by atoms with Gasteiger partial charge in [-0.15, -0.1) is 0 Å². The van der Waals surface area contributed by atoms with Crippen LogP contribution in [-0.2, 0) is 6.42 Å². The first-order valence-electron chi connectivity index (χ1n) is 3.54. The second-order valence-corrected chi connectivity index (χ2v) is 2.67. The standard InChI is InChI=1S/C7H10ClN2O/c1-2-3-6-7(8)9-4-5-10(6)11/h4-5H,2-3H2,1H3,(H,9,11)/q+1. The fraction of sp³-hybridized carbons (Fsp3) is 0.429. The second kappa shape index (κ2) is 3.53. The molecule has 3 nitrogen and oxygen atoms in total. The number of nitrogens with one attached hydrogen (secondary N) is 1. The van der Waals surface area contributed by atoms with Crippen molar-refractivity contribution in [1.29, 1.82) is 0 Å². The lowest BCUT2D eigenvalue weighted by Crippen LogP contribution is -2.21. The van der Waals surface area contributed by atoms with Gasteiger partial charge in [-0.1, -0.05) is 18.5 Å². The predicted octanol–water partition coefficient (Wildman–Crippen LogP) is 1.54. The zero-order chi connectivity index (χ0) is 8.27. The fourth-order valence-electron chi connectivity index (χ4n) is 0.905. The SMILES string of the molecule is CCCc1c(Cl)[nH]cc[n+]1=O. The molecule has 0 bridgehead atoms. The minimum absolute atomic E-state index is 0.435. The monoisotopic (exact) mass is 173 g/mol. The molecule has 0 aliphatic rings. The van der Waals surface area contributed by atoms with E-state index in [4.69, 9.17) is 11.6 Å². The smallest absolute Gasteiger partial charge is 0.274 e. The number of aromatic nitrogens is 2. The van der Waals surface area contributed by atoms with Crippen molar-refractivity contribution < 1.29 is 4.43 Å². The highest BCUT2D eigenvalue weighted by molar-refractivity contribution is 6.29. The van der Waals surface area contributed by atoms with E-state index in [1.807, 2.05) is 6.92 Å². The van der Waals surface area contributed by atoms with Gasteiger partial charge in [0.05, 0.1) is 10.6 Å². The van der Waals surface area contributed by atoms with Crippen LogP contribution in [0, 0.1) is 4.91 Å². The van der Waals surface area contributed by atoms with Crippen LogP contribution in [0.4, 0.5) is 0 Å². The van der Waals surface area contributed by atoms with Gasteiger partial charge in [-0.25, -0.2) is 0 Å². The van der Waals surface area contributed by atoms with E-state index in [-0.39, 0.29) is 0 Å². The number of hydrogen-bond acceptors (Lipinski definition) is 1. The molecule has 0 fully saturated rings. The molecule has 0 amide bonds. The maximum Gasteiger partial charge on any atom is 0.274 e. The molecule has 0 saturated carbocycles. The predicted molar refractivity (Wildman–Crippen MR) is 43.2 cm³/mol. The molecule has 11 heavy (non-hydrogen) atoms. The third-order valence-electron chi connectivity index (χ3n) is 1.43. The van der Waals surface area contributed by atoms with Crippen molar-refractivity contribution in [1.82, 2.24) is 4.98 Å². The normalized spacial score (nSPS) is 10.0. The molecule has 1 rings (SSSR count). The average Bonchev–Trinajstić information content (AvgIpc) is 1.97. The second-order valence-electron chi connectivity index (χ2n) is 2.30. The maximum atomic E-state index is 11.0. The topological polar surface area (TPSA) is 38.8 Å². The van der Waals surface area contributed by atoms with E-state index in [0.717, 1.165) is 10.8 Å². The number of aromatic amines is 1. The Morgan fingerprint density at radius 3 is 3.00 bits per heavy atom. The Bertz CT molecular complexity index is 295. The minimum Gasteiger partial charge on any atom is -0.342 e. The summed E-state index contributed by atoms with van der Waals surface area (Å²) in [6, 6.07) is 0. The molecule has 0 aromatic carbocycles. The molecule has 60 valence electrons. The van der Waals surface area contributed by atoms with Crippen molar-refractivity contribution in [2.24, 2.45) is 0 Å². The molecule has 0 atom stereocenters. The van der Waals surface area contributed by atoms with Crippen LogP contribution in [0.1, 0.15) is 19.0 Å². The summed E-state index contributed by atoms with van der Waals surface area (Å²) in [5.74, 6) is 0. The average molecular weight is 174 g/mol. The molecule has 1 aromatic heterocycles. The van der Waals surface area contributed by atoms with E-state index < -0.39 is 0 Å². The molecule has 1 N–H and O–H groups in total. The van der Waals surface area contributed by atoms with E-state index in [1.165, 1.54) is 12.4 Å². The Hall–Kier alpha value is -0.830. The Balaban J connectivity index is 3.10. The molecule has 0 radical (unpaired) electrons. The summed E-state index contributed by atoms with van der Waals surface area (Å²) in [5, 5.41) is 0.435. The first kappa shape index (κ1) is 8.27. The maximum absolute atomic E-state index is 11.0. The zero-order valence-electron chi connectivity index (χ0n) is 6.30. The summed E-state index contributed by atoms with van der Waals surface area (Å²) >= 11 is 5.73. The van der Waals surface area contributed by atoms with Crippen molar-refractivity contribution in [3.05, 3.63) is 28.1 Å². The van der Waals surface area contributed by atoms with Gasteiger partial charge >= 0.3 is 0 Å². The van der Waals surface area contributed by atoms with Crippen LogP contribution in [-0.4, -0.2) is 4.98 Å². The highest BCUT2D eigenvalue weighted by Gasteiger charge is 2.11. The van der Waals surface area contributed by atoms with Crippen LogP contribution in [0.15, 0.2) is 12.4 Å². The fourth-order valence-corrected chi connectivity index (χ4v) is 1.15. The highest BCUT2D eigenvalue weighted by atomic mass is 35.5. The summed E-state index contributed by atoms with van der Waals surface area (Å²) in [7, 11) is 0. The first-order valence-corrected chi connectivity index (χ1v) is 3.91. The first-order chi connectivity index (χ1) is 5.25. The van der Waals surface area contributed by atoms with E-state index in [0.29, 0.717) is 17.3 Å². The largest absolute Gasteiger partial charge is 0.342 e. The summed E-state index contributed by atoms with van der Waals surface area (Å²) in [6.07, 6.45) is 4.56. The van der Waals surface area contributed by atoms with Gasteiger partial charge in [0.25, 0.3) is 5.69 Å². The molecule has 0 spiro atoms. The van der Waals surface area contributed by atoms with E-state index in [2.05, 4.69) is 4.98 Å². The summed E-state index contributed by atoms with van der Waals surface area (Å²) in [4.78, 5) is 13.8. The van der Waals surface area contributed by atoms with Crippen LogP contribution in [0.2, 0.25) is 5.15 Å². The zero-order valence-corrected chi connectivity index (χ0v) is 7.06. The van der Waals surface area contributed by atoms with Crippen molar-refractivity contribution in [3.8, 4) is 0 Å². The van der Waals surface area contributed by atoms with Gasteiger partial charge in [-0.3, -0.25) is 0 Å². The molecule has 0 aliphatic heterocycles. The molecule has 1 heterocycles. The van der Waals surface area contributed by atoms with Crippen molar-refractivity contribution in [2.75, 3.05) is 0 Å². The lowest BCUT2D eigenvalue weighted by Gasteiger charge is -1.90.